The van der Waals surface area contributed by atoms with E-state index < -0.39 is 0 Å². The van der Waals surface area contributed by atoms with Crippen molar-refractivity contribution in [2.75, 3.05) is 0 Å². The minimum atomic E-state index is 0.623. The molecule has 0 aromatic carbocycles. The summed E-state index contributed by atoms with van der Waals surface area (Å²) < 4.78 is 5.46. The van der Waals surface area contributed by atoms with E-state index in [-0.39, 0.29) is 0 Å². The molecular formula is C7H11NO. The number of fused-ring (bicyclic) bond motifs is 5. The molecule has 50 valence electrons. The molecule has 9 heavy (non-hydrogen) atoms. The second-order valence-electron chi connectivity index (χ2n) is 3.38. The standard InChI is InChI=1S/C7H11NO/c1-2-4-6-7(9-6)5(3-1)8-4/h4-8H,1-3H2/t4-,5+,6?,7?. The van der Waals surface area contributed by atoms with E-state index in [1.165, 1.54) is 19.3 Å². The van der Waals surface area contributed by atoms with Gasteiger partial charge in [0, 0.05) is 12.1 Å². The number of ether oxygens (including phenoxy) is 1. The van der Waals surface area contributed by atoms with E-state index in [2.05, 4.69) is 5.32 Å². The van der Waals surface area contributed by atoms with Gasteiger partial charge in [-0.3, -0.25) is 0 Å². The lowest BCUT2D eigenvalue weighted by Crippen LogP contribution is -2.39. The van der Waals surface area contributed by atoms with Gasteiger partial charge in [0.2, 0.25) is 0 Å². The first-order chi connectivity index (χ1) is 4.45. The van der Waals surface area contributed by atoms with Crippen LogP contribution in [0.2, 0.25) is 0 Å². The van der Waals surface area contributed by atoms with Crippen LogP contribution in [0.1, 0.15) is 19.3 Å². The Kier molecular flexibility index (Phi) is 0.691. The predicted molar refractivity (Wildman–Crippen MR) is 33.2 cm³/mol. The molecule has 4 atom stereocenters. The number of epoxide rings is 1. The molecule has 0 saturated carbocycles. The highest BCUT2D eigenvalue weighted by Gasteiger charge is 2.57. The van der Waals surface area contributed by atoms with Gasteiger partial charge in [-0.1, -0.05) is 6.42 Å². The maximum absolute atomic E-state index is 5.46. The molecular weight excluding hydrogens is 114 g/mol. The normalized spacial score (nSPS) is 61.3. The zero-order valence-electron chi connectivity index (χ0n) is 5.34. The molecule has 0 aliphatic carbocycles. The molecule has 0 aromatic heterocycles. The highest BCUT2D eigenvalue weighted by atomic mass is 16.6. The third-order valence-corrected chi connectivity index (χ3v) is 2.81. The topological polar surface area (TPSA) is 24.6 Å². The van der Waals surface area contributed by atoms with Crippen molar-refractivity contribution in [1.29, 1.82) is 0 Å². The van der Waals surface area contributed by atoms with Crippen molar-refractivity contribution in [3.8, 4) is 0 Å². The molecule has 3 fully saturated rings. The second-order valence-corrected chi connectivity index (χ2v) is 3.38. The molecule has 3 rings (SSSR count). The summed E-state index contributed by atoms with van der Waals surface area (Å²) >= 11 is 0. The lowest BCUT2D eigenvalue weighted by molar-refractivity contribution is 0.208. The monoisotopic (exact) mass is 125 g/mol. The highest BCUT2D eigenvalue weighted by molar-refractivity contribution is 5.11. The average Bonchev–Trinajstić information content (AvgIpc) is 2.62. The molecule has 2 nitrogen and oxygen atoms in total. The van der Waals surface area contributed by atoms with Gasteiger partial charge >= 0.3 is 0 Å². The van der Waals surface area contributed by atoms with E-state index >= 15 is 0 Å². The summed E-state index contributed by atoms with van der Waals surface area (Å²) in [7, 11) is 0. The van der Waals surface area contributed by atoms with Crippen molar-refractivity contribution >= 4 is 0 Å². The van der Waals surface area contributed by atoms with Crippen LogP contribution in [0.3, 0.4) is 0 Å². The quantitative estimate of drug-likeness (QED) is 0.470. The van der Waals surface area contributed by atoms with Crippen molar-refractivity contribution in [2.45, 2.75) is 43.6 Å². The van der Waals surface area contributed by atoms with Gasteiger partial charge in [-0.05, 0) is 12.8 Å². The fraction of sp³-hybridized carbons (Fsp3) is 1.00. The lowest BCUT2D eigenvalue weighted by atomic mass is 10.1. The Bertz CT molecular complexity index is 134. The number of piperidine rings is 1. The summed E-state index contributed by atoms with van der Waals surface area (Å²) in [6.07, 6.45) is 5.35. The van der Waals surface area contributed by atoms with Crippen LogP contribution in [0.4, 0.5) is 0 Å². The molecule has 2 unspecified atom stereocenters. The maximum atomic E-state index is 5.46. The number of rotatable bonds is 0. The Balaban J connectivity index is 1.92. The minimum Gasteiger partial charge on any atom is -0.366 e. The van der Waals surface area contributed by atoms with Crippen LogP contribution in [0.25, 0.3) is 0 Å². The van der Waals surface area contributed by atoms with Crippen LogP contribution in [-0.4, -0.2) is 24.3 Å². The van der Waals surface area contributed by atoms with Crippen molar-refractivity contribution in [3.63, 3.8) is 0 Å². The summed E-state index contributed by atoms with van der Waals surface area (Å²) in [5.74, 6) is 0. The predicted octanol–water partition coefficient (Wildman–Crippen LogP) is 0.278. The van der Waals surface area contributed by atoms with E-state index in [9.17, 15) is 0 Å². The largest absolute Gasteiger partial charge is 0.366 e. The van der Waals surface area contributed by atoms with Crippen molar-refractivity contribution < 1.29 is 4.74 Å². The number of nitrogens with one attached hydrogen (secondary N) is 1. The van der Waals surface area contributed by atoms with Gasteiger partial charge in [0.1, 0.15) is 12.2 Å². The van der Waals surface area contributed by atoms with Crippen LogP contribution >= 0.6 is 0 Å². The molecule has 0 radical (unpaired) electrons. The van der Waals surface area contributed by atoms with Crippen molar-refractivity contribution in [3.05, 3.63) is 0 Å². The van der Waals surface area contributed by atoms with Gasteiger partial charge in [0.15, 0.2) is 0 Å². The van der Waals surface area contributed by atoms with E-state index in [0.717, 1.165) is 12.1 Å². The Labute approximate surface area is 54.6 Å². The van der Waals surface area contributed by atoms with Gasteiger partial charge in [0.25, 0.3) is 0 Å². The van der Waals surface area contributed by atoms with E-state index in [1.54, 1.807) is 0 Å². The molecule has 0 amide bonds. The SMILES string of the molecule is C1C[C@@H]2N[C@H](C1)C1OC12. The third-order valence-electron chi connectivity index (χ3n) is 2.81. The first kappa shape index (κ1) is 4.69. The van der Waals surface area contributed by atoms with Gasteiger partial charge in [-0.25, -0.2) is 0 Å². The average molecular weight is 125 g/mol. The van der Waals surface area contributed by atoms with Crippen LogP contribution in [0.5, 0.6) is 0 Å². The van der Waals surface area contributed by atoms with Crippen LogP contribution in [0, 0.1) is 0 Å². The Morgan fingerprint density at radius 1 is 1.11 bits per heavy atom. The molecule has 3 heterocycles. The number of morpholine rings is 1. The van der Waals surface area contributed by atoms with Gasteiger partial charge in [-0.2, -0.15) is 0 Å². The van der Waals surface area contributed by atoms with Crippen LogP contribution in [-0.2, 0) is 4.74 Å². The Morgan fingerprint density at radius 2 is 1.78 bits per heavy atom. The molecule has 0 spiro atoms. The summed E-state index contributed by atoms with van der Waals surface area (Å²) in [6, 6.07) is 1.46. The van der Waals surface area contributed by atoms with Gasteiger partial charge in [0.05, 0.1) is 0 Å². The van der Waals surface area contributed by atoms with Crippen LogP contribution in [0.15, 0.2) is 0 Å². The second kappa shape index (κ2) is 1.32. The lowest BCUT2D eigenvalue weighted by Gasteiger charge is -2.23. The van der Waals surface area contributed by atoms with Gasteiger partial charge in [-0.15, -0.1) is 0 Å². The van der Waals surface area contributed by atoms with E-state index in [0.29, 0.717) is 12.2 Å². The molecule has 2 heteroatoms. The Morgan fingerprint density at radius 3 is 2.33 bits per heavy atom. The summed E-state index contributed by atoms with van der Waals surface area (Å²) in [5.41, 5.74) is 0. The molecule has 3 aliphatic heterocycles. The van der Waals surface area contributed by atoms with E-state index in [4.69, 9.17) is 4.74 Å². The molecule has 1 N–H and O–H groups in total. The fourth-order valence-electron chi connectivity index (χ4n) is 2.30. The van der Waals surface area contributed by atoms with Crippen molar-refractivity contribution in [2.24, 2.45) is 0 Å². The third kappa shape index (κ3) is 0.485. The molecule has 0 aromatic rings. The first-order valence-electron chi connectivity index (χ1n) is 3.87. The smallest absolute Gasteiger partial charge is 0.101 e. The minimum absolute atomic E-state index is 0.623. The molecule has 2 bridgehead atoms. The first-order valence-corrected chi connectivity index (χ1v) is 3.87. The van der Waals surface area contributed by atoms with Crippen molar-refractivity contribution in [1.82, 2.24) is 5.32 Å². The maximum Gasteiger partial charge on any atom is 0.101 e. The number of hydrogen-bond acceptors (Lipinski definition) is 2. The molecule has 3 saturated heterocycles. The molecule has 3 aliphatic rings. The summed E-state index contributed by atoms with van der Waals surface area (Å²) in [5, 5.41) is 3.56. The summed E-state index contributed by atoms with van der Waals surface area (Å²) in [6.45, 7) is 0. The zero-order valence-corrected chi connectivity index (χ0v) is 5.34. The van der Waals surface area contributed by atoms with E-state index in [1.807, 2.05) is 0 Å². The summed E-state index contributed by atoms with van der Waals surface area (Å²) in [4.78, 5) is 0. The highest BCUT2D eigenvalue weighted by Crippen LogP contribution is 2.41. The Hall–Kier alpha value is -0.0800. The van der Waals surface area contributed by atoms with Crippen LogP contribution < -0.4 is 5.32 Å². The fourth-order valence-corrected chi connectivity index (χ4v) is 2.30. The zero-order chi connectivity index (χ0) is 5.84. The number of hydrogen-bond donors (Lipinski definition) is 1. The van der Waals surface area contributed by atoms with Gasteiger partial charge < -0.3 is 10.1 Å².